The summed E-state index contributed by atoms with van der Waals surface area (Å²) >= 11 is 1.66. The molecule has 0 aliphatic carbocycles. The average Bonchev–Trinajstić information content (AvgIpc) is 2.88. The van der Waals surface area contributed by atoms with Gasteiger partial charge in [-0.3, -0.25) is 0 Å². The maximum absolute atomic E-state index is 8.74. The third kappa shape index (κ3) is 3.42. The monoisotopic (exact) mass is 288 g/mol. The molecule has 0 amide bonds. The van der Waals surface area contributed by atoms with Crippen molar-refractivity contribution in [1.82, 2.24) is 15.0 Å². The Balaban J connectivity index is 1.89. The third-order valence-corrected chi connectivity index (χ3v) is 3.65. The van der Waals surface area contributed by atoms with E-state index in [9.17, 15) is 0 Å². The predicted octanol–water partition coefficient (Wildman–Crippen LogP) is 2.16. The van der Waals surface area contributed by atoms with Crippen LogP contribution >= 0.6 is 11.3 Å². The van der Waals surface area contributed by atoms with Gasteiger partial charge in [-0.25, -0.2) is 9.97 Å². The van der Waals surface area contributed by atoms with Crippen molar-refractivity contribution in [2.24, 2.45) is 0 Å². The van der Waals surface area contributed by atoms with Crippen LogP contribution in [0.15, 0.2) is 11.6 Å². The largest absolute Gasteiger partial charge is 0.382 e. The van der Waals surface area contributed by atoms with E-state index in [1.807, 2.05) is 6.07 Å². The minimum atomic E-state index is 0.196. The van der Waals surface area contributed by atoms with Crippen molar-refractivity contribution in [1.29, 1.82) is 5.26 Å². The maximum atomic E-state index is 8.74. The van der Waals surface area contributed by atoms with E-state index in [0.717, 1.165) is 17.1 Å². The molecule has 0 aromatic carbocycles. The van der Waals surface area contributed by atoms with Gasteiger partial charge < -0.3 is 11.1 Å². The molecule has 0 aliphatic rings. The van der Waals surface area contributed by atoms with Crippen LogP contribution in [-0.4, -0.2) is 21.5 Å². The van der Waals surface area contributed by atoms with E-state index in [1.54, 1.807) is 11.3 Å². The second-order valence-electron chi connectivity index (χ2n) is 4.60. The van der Waals surface area contributed by atoms with Crippen LogP contribution < -0.4 is 11.1 Å². The van der Waals surface area contributed by atoms with Gasteiger partial charge in [-0.05, 0) is 5.92 Å². The predicted molar refractivity (Wildman–Crippen MR) is 79.6 cm³/mol. The van der Waals surface area contributed by atoms with E-state index >= 15 is 0 Å². The molecule has 7 heteroatoms. The molecule has 2 aromatic rings. The smallest absolute Gasteiger partial charge is 0.224 e. The Hall–Kier alpha value is -2.20. The lowest BCUT2D eigenvalue weighted by Crippen LogP contribution is -2.09. The highest BCUT2D eigenvalue weighted by Crippen LogP contribution is 2.18. The van der Waals surface area contributed by atoms with Gasteiger partial charge in [-0.2, -0.15) is 10.2 Å². The number of nitrogens with zero attached hydrogens (tertiary/aromatic N) is 4. The lowest BCUT2D eigenvalue weighted by atomic mass is 10.2. The summed E-state index contributed by atoms with van der Waals surface area (Å²) < 4.78 is 0. The molecule has 104 valence electrons. The van der Waals surface area contributed by atoms with Crippen molar-refractivity contribution >= 4 is 23.1 Å². The molecule has 0 radical (unpaired) electrons. The fourth-order valence-corrected chi connectivity index (χ4v) is 2.51. The molecule has 20 heavy (non-hydrogen) atoms. The number of nitriles is 1. The van der Waals surface area contributed by atoms with Gasteiger partial charge in [0.05, 0.1) is 16.9 Å². The Morgan fingerprint density at radius 1 is 1.45 bits per heavy atom. The second kappa shape index (κ2) is 6.30. The van der Waals surface area contributed by atoms with Gasteiger partial charge in [-0.1, -0.05) is 13.8 Å². The van der Waals surface area contributed by atoms with Gasteiger partial charge in [0.25, 0.3) is 0 Å². The molecule has 2 rings (SSSR count). The lowest BCUT2D eigenvalue weighted by Gasteiger charge is -2.04. The van der Waals surface area contributed by atoms with Crippen LogP contribution in [0, 0.1) is 11.3 Å². The van der Waals surface area contributed by atoms with Gasteiger partial charge >= 0.3 is 0 Å². The first-order valence-electron chi connectivity index (χ1n) is 6.31. The van der Waals surface area contributed by atoms with Gasteiger partial charge in [0, 0.05) is 18.3 Å². The molecule has 0 fully saturated rings. The van der Waals surface area contributed by atoms with Gasteiger partial charge in [0.2, 0.25) is 5.95 Å². The number of rotatable bonds is 5. The van der Waals surface area contributed by atoms with Crippen LogP contribution in [0.1, 0.15) is 36.0 Å². The van der Waals surface area contributed by atoms with Crippen molar-refractivity contribution < 1.29 is 0 Å². The Labute approximate surface area is 121 Å². The molecular weight excluding hydrogens is 272 g/mol. The number of nitrogens with two attached hydrogens (primary N) is 1. The number of aromatic nitrogens is 3. The van der Waals surface area contributed by atoms with E-state index in [0.29, 0.717) is 18.4 Å². The van der Waals surface area contributed by atoms with Crippen LogP contribution in [0.25, 0.3) is 0 Å². The maximum Gasteiger partial charge on any atom is 0.224 e. The van der Waals surface area contributed by atoms with E-state index < -0.39 is 0 Å². The summed E-state index contributed by atoms with van der Waals surface area (Å²) in [6.07, 6.45) is 2.23. The summed E-state index contributed by atoms with van der Waals surface area (Å²) in [5.74, 6) is 1.08. The highest BCUT2D eigenvalue weighted by atomic mass is 32.1. The van der Waals surface area contributed by atoms with E-state index in [4.69, 9.17) is 11.0 Å². The minimum Gasteiger partial charge on any atom is -0.382 e. The Kier molecular flexibility index (Phi) is 4.48. The van der Waals surface area contributed by atoms with E-state index in [1.165, 1.54) is 6.20 Å². The third-order valence-electron chi connectivity index (χ3n) is 2.72. The number of hydrogen-bond acceptors (Lipinski definition) is 7. The fraction of sp³-hybridized carbons (Fsp3) is 0.385. The summed E-state index contributed by atoms with van der Waals surface area (Å²) in [6.45, 7) is 4.94. The van der Waals surface area contributed by atoms with Crippen LogP contribution in [0.5, 0.6) is 0 Å². The topological polar surface area (TPSA) is 101 Å². The number of nitrogen functional groups attached to an aromatic ring is 1. The normalized spacial score (nSPS) is 10.5. The van der Waals surface area contributed by atoms with Crippen molar-refractivity contribution in [2.45, 2.75) is 26.2 Å². The van der Waals surface area contributed by atoms with Crippen LogP contribution in [0.3, 0.4) is 0 Å². The molecule has 3 N–H and O–H groups in total. The zero-order valence-corrected chi connectivity index (χ0v) is 12.2. The molecule has 2 aromatic heterocycles. The minimum absolute atomic E-state index is 0.196. The quantitative estimate of drug-likeness (QED) is 0.874. The number of anilines is 2. The standard InChI is InChI=1S/C13H16N6S/c1-8(2)10-7-20-11(18-10)3-4-16-13-17-6-9(5-14)12(15)19-13/h6-8H,3-4H2,1-2H3,(H3,15,16,17,19). The fourth-order valence-electron chi connectivity index (χ4n) is 1.55. The summed E-state index contributed by atoms with van der Waals surface area (Å²) in [4.78, 5) is 12.6. The van der Waals surface area contributed by atoms with Crippen LogP contribution in [-0.2, 0) is 6.42 Å². The Morgan fingerprint density at radius 2 is 2.25 bits per heavy atom. The number of hydrogen-bond donors (Lipinski definition) is 2. The van der Waals surface area contributed by atoms with E-state index in [-0.39, 0.29) is 11.4 Å². The van der Waals surface area contributed by atoms with Crippen molar-refractivity contribution in [2.75, 3.05) is 17.6 Å². The Bertz CT molecular complexity index is 628. The molecule has 0 saturated heterocycles. The van der Waals surface area contributed by atoms with Crippen molar-refractivity contribution in [3.8, 4) is 6.07 Å². The van der Waals surface area contributed by atoms with Gasteiger partial charge in [0.1, 0.15) is 17.5 Å². The highest BCUT2D eigenvalue weighted by Gasteiger charge is 2.06. The summed E-state index contributed by atoms with van der Waals surface area (Å²) in [5.41, 5.74) is 7.04. The first-order valence-corrected chi connectivity index (χ1v) is 7.19. The first kappa shape index (κ1) is 14.2. The molecule has 0 atom stereocenters. The van der Waals surface area contributed by atoms with Gasteiger partial charge in [0.15, 0.2) is 0 Å². The number of thiazole rings is 1. The van der Waals surface area contributed by atoms with Crippen LogP contribution in [0.2, 0.25) is 0 Å². The molecular formula is C13H16N6S. The second-order valence-corrected chi connectivity index (χ2v) is 5.54. The molecule has 0 unspecified atom stereocenters. The molecule has 6 nitrogen and oxygen atoms in total. The zero-order chi connectivity index (χ0) is 14.5. The van der Waals surface area contributed by atoms with Crippen molar-refractivity contribution in [3.05, 3.63) is 27.8 Å². The molecule has 0 bridgehead atoms. The van der Waals surface area contributed by atoms with Crippen LogP contribution in [0.4, 0.5) is 11.8 Å². The Morgan fingerprint density at radius 3 is 2.85 bits per heavy atom. The molecule has 2 heterocycles. The average molecular weight is 288 g/mol. The SMILES string of the molecule is CC(C)c1csc(CCNc2ncc(C#N)c(N)n2)n1. The number of nitrogens with one attached hydrogen (secondary N) is 1. The molecule has 0 aliphatic heterocycles. The first-order chi connectivity index (χ1) is 9.60. The molecule has 0 saturated carbocycles. The summed E-state index contributed by atoms with van der Waals surface area (Å²) in [6, 6.07) is 1.93. The van der Waals surface area contributed by atoms with E-state index in [2.05, 4.69) is 39.5 Å². The van der Waals surface area contributed by atoms with Crippen molar-refractivity contribution in [3.63, 3.8) is 0 Å². The van der Waals surface area contributed by atoms with Gasteiger partial charge in [-0.15, -0.1) is 11.3 Å². The highest BCUT2D eigenvalue weighted by molar-refractivity contribution is 7.09. The summed E-state index contributed by atoms with van der Waals surface area (Å²) in [7, 11) is 0. The summed E-state index contributed by atoms with van der Waals surface area (Å²) in [5, 5.41) is 15.0. The zero-order valence-electron chi connectivity index (χ0n) is 11.4. The molecule has 0 spiro atoms. The lowest BCUT2D eigenvalue weighted by molar-refractivity contribution is 0.820.